The van der Waals surface area contributed by atoms with Gasteiger partial charge in [0.05, 0.1) is 17.6 Å². The van der Waals surface area contributed by atoms with Crippen molar-refractivity contribution < 1.29 is 17.9 Å². The van der Waals surface area contributed by atoms with Crippen molar-refractivity contribution in [1.82, 2.24) is 4.72 Å². The number of benzene rings is 1. The predicted octanol–water partition coefficient (Wildman–Crippen LogP) is 1.72. The molecule has 0 aromatic heterocycles. The van der Waals surface area contributed by atoms with E-state index in [-0.39, 0.29) is 16.4 Å². The van der Waals surface area contributed by atoms with Crippen LogP contribution in [0.15, 0.2) is 23.1 Å². The summed E-state index contributed by atoms with van der Waals surface area (Å²) in [5.74, 6) is -0.335. The number of ether oxygens (including phenoxy) is 1. The van der Waals surface area contributed by atoms with Crippen molar-refractivity contribution in [1.29, 1.82) is 0 Å². The molecule has 0 spiro atoms. The number of hydrogen-bond acceptors (Lipinski definition) is 4. The van der Waals surface area contributed by atoms with E-state index in [0.717, 1.165) is 0 Å². The lowest BCUT2D eigenvalue weighted by Gasteiger charge is -2.11. The highest BCUT2D eigenvalue weighted by Gasteiger charge is 2.18. The zero-order valence-corrected chi connectivity index (χ0v) is 12.4. The molecule has 0 aliphatic heterocycles. The van der Waals surface area contributed by atoms with Gasteiger partial charge in [-0.2, -0.15) is 0 Å². The first-order valence-corrected chi connectivity index (χ1v) is 7.45. The molecule has 6 heteroatoms. The van der Waals surface area contributed by atoms with Crippen LogP contribution in [0.2, 0.25) is 0 Å². The number of carbonyl (C=O) groups is 1. The molecular weight excluding hydrogens is 266 g/mol. The summed E-state index contributed by atoms with van der Waals surface area (Å²) in [5.41, 5.74) is 0.935. The molecule has 0 aliphatic carbocycles. The quantitative estimate of drug-likeness (QED) is 0.836. The Kier molecular flexibility index (Phi) is 5.08. The fraction of sp³-hybridized carbons (Fsp3) is 0.462. The van der Waals surface area contributed by atoms with Crippen LogP contribution < -0.4 is 4.72 Å². The molecule has 1 aromatic rings. The topological polar surface area (TPSA) is 72.5 Å². The van der Waals surface area contributed by atoms with Crippen LogP contribution in [0.4, 0.5) is 0 Å². The Bertz CT molecular complexity index is 564. The molecule has 1 rings (SSSR count). The third-order valence-corrected chi connectivity index (χ3v) is 4.03. The van der Waals surface area contributed by atoms with Crippen LogP contribution in [0.5, 0.6) is 0 Å². The Hall–Kier alpha value is -1.40. The number of sulfonamides is 1. The van der Waals surface area contributed by atoms with Crippen molar-refractivity contribution >= 4 is 16.0 Å². The third-order valence-electron chi connectivity index (χ3n) is 2.61. The van der Waals surface area contributed by atoms with Crippen molar-refractivity contribution in [2.75, 3.05) is 13.7 Å². The predicted molar refractivity (Wildman–Crippen MR) is 72.5 cm³/mol. The van der Waals surface area contributed by atoms with Crippen LogP contribution >= 0.6 is 0 Å². The molecule has 0 atom stereocenters. The maximum Gasteiger partial charge on any atom is 0.338 e. The van der Waals surface area contributed by atoms with E-state index < -0.39 is 16.0 Å². The molecule has 0 heterocycles. The lowest BCUT2D eigenvalue weighted by atomic mass is 10.1. The van der Waals surface area contributed by atoms with E-state index in [1.807, 2.05) is 13.8 Å². The van der Waals surface area contributed by atoms with E-state index >= 15 is 0 Å². The molecule has 19 heavy (non-hydrogen) atoms. The van der Waals surface area contributed by atoms with Crippen LogP contribution in [0.25, 0.3) is 0 Å². The minimum atomic E-state index is -3.59. The largest absolute Gasteiger partial charge is 0.465 e. The Morgan fingerprint density at radius 2 is 2.00 bits per heavy atom. The highest BCUT2D eigenvalue weighted by Crippen LogP contribution is 2.16. The second-order valence-electron chi connectivity index (χ2n) is 4.71. The molecule has 0 fully saturated rings. The lowest BCUT2D eigenvalue weighted by molar-refractivity contribution is 0.0599. The van der Waals surface area contributed by atoms with E-state index in [2.05, 4.69) is 9.46 Å². The van der Waals surface area contributed by atoms with Crippen molar-refractivity contribution in [3.63, 3.8) is 0 Å². The highest BCUT2D eigenvalue weighted by molar-refractivity contribution is 7.89. The first kappa shape index (κ1) is 15.7. The Labute approximate surface area is 114 Å². The second-order valence-corrected chi connectivity index (χ2v) is 6.48. The van der Waals surface area contributed by atoms with Crippen molar-refractivity contribution in [2.24, 2.45) is 5.92 Å². The molecule has 0 saturated heterocycles. The molecule has 0 bridgehead atoms. The van der Waals surface area contributed by atoms with Crippen molar-refractivity contribution in [3.8, 4) is 0 Å². The van der Waals surface area contributed by atoms with Gasteiger partial charge >= 0.3 is 5.97 Å². The summed E-state index contributed by atoms with van der Waals surface area (Å²) < 4.78 is 31.2. The zero-order valence-electron chi connectivity index (χ0n) is 11.6. The van der Waals surface area contributed by atoms with E-state index in [0.29, 0.717) is 12.1 Å². The molecule has 106 valence electrons. The molecule has 0 saturated carbocycles. The van der Waals surface area contributed by atoms with E-state index in [9.17, 15) is 13.2 Å². The highest BCUT2D eigenvalue weighted by atomic mass is 32.2. The Morgan fingerprint density at radius 1 is 1.37 bits per heavy atom. The zero-order chi connectivity index (χ0) is 14.6. The van der Waals surface area contributed by atoms with Gasteiger partial charge in [0.2, 0.25) is 10.0 Å². The summed E-state index contributed by atoms with van der Waals surface area (Å²) in [4.78, 5) is 11.6. The second kappa shape index (κ2) is 6.16. The number of nitrogens with one attached hydrogen (secondary N) is 1. The molecule has 0 amide bonds. The van der Waals surface area contributed by atoms with Gasteiger partial charge < -0.3 is 4.74 Å². The van der Waals surface area contributed by atoms with Crippen LogP contribution in [-0.4, -0.2) is 28.0 Å². The average Bonchev–Trinajstić information content (AvgIpc) is 2.36. The smallest absolute Gasteiger partial charge is 0.338 e. The average molecular weight is 285 g/mol. The molecule has 0 unspecified atom stereocenters. The van der Waals surface area contributed by atoms with Gasteiger partial charge in [-0.15, -0.1) is 0 Å². The fourth-order valence-corrected chi connectivity index (χ4v) is 2.70. The summed E-state index contributed by atoms with van der Waals surface area (Å²) in [7, 11) is -2.33. The number of hydrogen-bond donors (Lipinski definition) is 1. The first-order chi connectivity index (χ1) is 8.77. The van der Waals surface area contributed by atoms with Gasteiger partial charge in [0, 0.05) is 6.54 Å². The van der Waals surface area contributed by atoms with Gasteiger partial charge in [-0.3, -0.25) is 0 Å². The molecular formula is C13H19NO4S. The number of methoxy groups -OCH3 is 1. The molecule has 5 nitrogen and oxygen atoms in total. The van der Waals surface area contributed by atoms with Gasteiger partial charge in [0.15, 0.2) is 0 Å². The summed E-state index contributed by atoms with van der Waals surface area (Å²) in [5, 5.41) is 0. The van der Waals surface area contributed by atoms with Gasteiger partial charge in [0.25, 0.3) is 0 Å². The number of carbonyl (C=O) groups excluding carboxylic acids is 1. The van der Waals surface area contributed by atoms with E-state index in [1.54, 1.807) is 13.0 Å². The maximum atomic E-state index is 12.0. The Morgan fingerprint density at radius 3 is 2.53 bits per heavy atom. The van der Waals surface area contributed by atoms with Gasteiger partial charge in [0.1, 0.15) is 0 Å². The van der Waals surface area contributed by atoms with Crippen LogP contribution in [-0.2, 0) is 14.8 Å². The molecule has 1 aromatic carbocycles. The minimum Gasteiger partial charge on any atom is -0.465 e. The van der Waals surface area contributed by atoms with Crippen molar-refractivity contribution in [3.05, 3.63) is 29.3 Å². The summed E-state index contributed by atoms with van der Waals surface area (Å²) in [6.45, 7) is 5.91. The number of aryl methyl sites for hydroxylation is 1. The molecule has 0 aliphatic rings. The minimum absolute atomic E-state index is 0.0687. The monoisotopic (exact) mass is 285 g/mol. The summed E-state index contributed by atoms with van der Waals surface area (Å²) in [6, 6.07) is 4.41. The summed E-state index contributed by atoms with van der Waals surface area (Å²) >= 11 is 0. The molecule has 1 N–H and O–H groups in total. The number of esters is 1. The SMILES string of the molecule is COC(=O)c1cc(S(=O)(=O)NCC(C)C)ccc1C. The van der Waals surface area contributed by atoms with Crippen LogP contribution in [0, 0.1) is 12.8 Å². The standard InChI is InChI=1S/C13H19NO4S/c1-9(2)8-14-19(16,17)11-6-5-10(3)12(7-11)13(15)18-4/h5-7,9,14H,8H2,1-4H3. The van der Waals surface area contributed by atoms with Crippen LogP contribution in [0.1, 0.15) is 29.8 Å². The third kappa shape index (κ3) is 4.04. The van der Waals surface area contributed by atoms with E-state index in [1.165, 1.54) is 19.2 Å². The molecule has 0 radical (unpaired) electrons. The van der Waals surface area contributed by atoms with Gasteiger partial charge in [-0.05, 0) is 30.5 Å². The Balaban J connectivity index is 3.11. The van der Waals surface area contributed by atoms with Gasteiger partial charge in [-0.25, -0.2) is 17.9 Å². The van der Waals surface area contributed by atoms with E-state index in [4.69, 9.17) is 0 Å². The normalized spacial score (nSPS) is 11.6. The van der Waals surface area contributed by atoms with Crippen molar-refractivity contribution in [2.45, 2.75) is 25.7 Å². The van der Waals surface area contributed by atoms with Crippen LogP contribution in [0.3, 0.4) is 0 Å². The fourth-order valence-electron chi connectivity index (χ4n) is 1.46. The summed E-state index contributed by atoms with van der Waals surface area (Å²) in [6.07, 6.45) is 0. The lowest BCUT2D eigenvalue weighted by Crippen LogP contribution is -2.27. The van der Waals surface area contributed by atoms with Gasteiger partial charge in [-0.1, -0.05) is 19.9 Å². The number of rotatable bonds is 5. The first-order valence-electron chi connectivity index (χ1n) is 5.96. The maximum absolute atomic E-state index is 12.0.